The first-order chi connectivity index (χ1) is 9.09. The molecule has 1 saturated heterocycles. The molecule has 1 aliphatic rings. The van der Waals surface area contributed by atoms with Gasteiger partial charge in [-0.1, -0.05) is 24.3 Å². The van der Waals surface area contributed by atoms with Crippen LogP contribution in [0.2, 0.25) is 0 Å². The lowest BCUT2D eigenvalue weighted by atomic mass is 10.0. The lowest BCUT2D eigenvalue weighted by molar-refractivity contribution is 0.0748. The molecular weight excluding hydrogens is 238 g/mol. The van der Waals surface area contributed by atoms with E-state index in [0.29, 0.717) is 12.1 Å². The van der Waals surface area contributed by atoms with Gasteiger partial charge in [0.15, 0.2) is 0 Å². The van der Waals surface area contributed by atoms with Crippen LogP contribution >= 0.6 is 0 Å². The Morgan fingerprint density at radius 3 is 2.79 bits per heavy atom. The van der Waals surface area contributed by atoms with Crippen LogP contribution in [0.5, 0.6) is 0 Å². The van der Waals surface area contributed by atoms with Gasteiger partial charge < -0.3 is 14.7 Å². The fraction of sp³-hybridized carbons (Fsp3) is 0.625. The van der Waals surface area contributed by atoms with E-state index in [9.17, 15) is 5.11 Å². The highest BCUT2D eigenvalue weighted by Crippen LogP contribution is 2.23. The predicted molar refractivity (Wildman–Crippen MR) is 77.2 cm³/mol. The van der Waals surface area contributed by atoms with Crippen LogP contribution < -0.4 is 0 Å². The van der Waals surface area contributed by atoms with Crippen molar-refractivity contribution in [2.75, 3.05) is 20.2 Å². The molecule has 1 fully saturated rings. The molecule has 0 radical (unpaired) electrons. The summed E-state index contributed by atoms with van der Waals surface area (Å²) in [5.74, 6) is 0. The van der Waals surface area contributed by atoms with Gasteiger partial charge in [-0.15, -0.1) is 0 Å². The Kier molecular flexibility index (Phi) is 4.97. The van der Waals surface area contributed by atoms with Crippen LogP contribution in [0.4, 0.5) is 0 Å². The maximum atomic E-state index is 10.3. The van der Waals surface area contributed by atoms with Gasteiger partial charge in [-0.3, -0.25) is 0 Å². The molecule has 3 atom stereocenters. The van der Waals surface area contributed by atoms with E-state index in [1.54, 1.807) is 0 Å². The van der Waals surface area contributed by atoms with Gasteiger partial charge in [0.05, 0.1) is 12.2 Å². The molecule has 3 unspecified atom stereocenters. The van der Waals surface area contributed by atoms with E-state index >= 15 is 0 Å². The van der Waals surface area contributed by atoms with Crippen LogP contribution in [-0.4, -0.2) is 42.4 Å². The van der Waals surface area contributed by atoms with Crippen molar-refractivity contribution < 1.29 is 9.84 Å². The maximum absolute atomic E-state index is 10.3. The molecule has 1 aromatic rings. The smallest absolute Gasteiger partial charge is 0.0804 e. The Balaban J connectivity index is 1.86. The number of nitrogens with zero attached hydrogens (tertiary/aromatic N) is 1. The van der Waals surface area contributed by atoms with Crippen LogP contribution in [0.15, 0.2) is 24.3 Å². The van der Waals surface area contributed by atoms with Gasteiger partial charge in [0.25, 0.3) is 0 Å². The zero-order chi connectivity index (χ0) is 13.8. The van der Waals surface area contributed by atoms with Crippen molar-refractivity contribution >= 4 is 0 Å². The first kappa shape index (κ1) is 14.5. The van der Waals surface area contributed by atoms with Gasteiger partial charge in [-0.05, 0) is 44.9 Å². The molecule has 0 amide bonds. The van der Waals surface area contributed by atoms with E-state index < -0.39 is 0 Å². The van der Waals surface area contributed by atoms with E-state index in [2.05, 4.69) is 31.9 Å². The molecule has 1 heterocycles. The van der Waals surface area contributed by atoms with Crippen LogP contribution in [0, 0.1) is 6.92 Å². The summed E-state index contributed by atoms with van der Waals surface area (Å²) in [5.41, 5.74) is 2.21. The van der Waals surface area contributed by atoms with Crippen molar-refractivity contribution in [1.29, 1.82) is 0 Å². The standard InChI is InChI=1S/C16H25NO2/c1-12-6-4-5-7-14(12)16(18)8-10-17(3)15-9-11-19-13(15)2/h4-7,13,15-16,18H,8-11H2,1-3H3. The fourth-order valence-corrected chi connectivity index (χ4v) is 2.91. The highest BCUT2D eigenvalue weighted by atomic mass is 16.5. The molecule has 106 valence electrons. The average Bonchev–Trinajstić information content (AvgIpc) is 2.82. The summed E-state index contributed by atoms with van der Waals surface area (Å²) in [6.07, 6.45) is 1.80. The number of likely N-dealkylation sites (N-methyl/N-ethyl adjacent to an activating group) is 1. The largest absolute Gasteiger partial charge is 0.388 e. The van der Waals surface area contributed by atoms with Crippen LogP contribution in [0.3, 0.4) is 0 Å². The third kappa shape index (κ3) is 3.56. The Labute approximate surface area is 116 Å². The van der Waals surface area contributed by atoms with E-state index in [4.69, 9.17) is 4.74 Å². The van der Waals surface area contributed by atoms with Crippen molar-refractivity contribution in [3.05, 3.63) is 35.4 Å². The summed E-state index contributed by atoms with van der Waals surface area (Å²) in [7, 11) is 2.13. The molecular formula is C16H25NO2. The number of aryl methyl sites for hydroxylation is 1. The first-order valence-electron chi connectivity index (χ1n) is 7.15. The predicted octanol–water partition coefficient (Wildman–Crippen LogP) is 2.53. The Morgan fingerprint density at radius 2 is 2.16 bits per heavy atom. The van der Waals surface area contributed by atoms with Crippen molar-refractivity contribution in [1.82, 2.24) is 4.90 Å². The second kappa shape index (κ2) is 6.51. The van der Waals surface area contributed by atoms with Crippen molar-refractivity contribution in [2.24, 2.45) is 0 Å². The molecule has 0 saturated carbocycles. The minimum atomic E-state index is -0.374. The van der Waals surface area contributed by atoms with Crippen LogP contribution in [-0.2, 0) is 4.74 Å². The number of aliphatic hydroxyl groups is 1. The Hall–Kier alpha value is -0.900. The highest BCUT2D eigenvalue weighted by molar-refractivity contribution is 5.27. The Bertz CT molecular complexity index is 407. The first-order valence-corrected chi connectivity index (χ1v) is 7.15. The molecule has 0 aromatic heterocycles. The molecule has 3 nitrogen and oxygen atoms in total. The van der Waals surface area contributed by atoms with E-state index in [1.165, 1.54) is 0 Å². The van der Waals surface area contributed by atoms with Gasteiger partial charge in [-0.2, -0.15) is 0 Å². The minimum Gasteiger partial charge on any atom is -0.388 e. The lowest BCUT2D eigenvalue weighted by Gasteiger charge is -2.27. The number of ether oxygens (including phenoxy) is 1. The summed E-state index contributed by atoms with van der Waals surface area (Å²) < 4.78 is 5.59. The van der Waals surface area contributed by atoms with Gasteiger partial charge >= 0.3 is 0 Å². The summed E-state index contributed by atoms with van der Waals surface area (Å²) in [4.78, 5) is 2.32. The SMILES string of the molecule is Cc1ccccc1C(O)CCN(C)C1CCOC1C. The second-order valence-electron chi connectivity index (χ2n) is 5.57. The molecule has 1 aromatic carbocycles. The normalized spacial score (nSPS) is 24.9. The zero-order valence-electron chi connectivity index (χ0n) is 12.2. The van der Waals surface area contributed by atoms with E-state index in [-0.39, 0.29) is 6.10 Å². The quantitative estimate of drug-likeness (QED) is 0.886. The van der Waals surface area contributed by atoms with E-state index in [0.717, 1.165) is 37.1 Å². The monoisotopic (exact) mass is 263 g/mol. The van der Waals surface area contributed by atoms with Crippen molar-refractivity contribution in [3.8, 4) is 0 Å². The summed E-state index contributed by atoms with van der Waals surface area (Å²) in [6.45, 7) is 5.94. The fourth-order valence-electron chi connectivity index (χ4n) is 2.91. The molecule has 1 N–H and O–H groups in total. The summed E-state index contributed by atoms with van der Waals surface area (Å²) >= 11 is 0. The number of rotatable bonds is 5. The van der Waals surface area contributed by atoms with Gasteiger partial charge in [0.2, 0.25) is 0 Å². The lowest BCUT2D eigenvalue weighted by Crippen LogP contribution is -2.37. The van der Waals surface area contributed by atoms with Crippen LogP contribution in [0.25, 0.3) is 0 Å². The van der Waals surface area contributed by atoms with Gasteiger partial charge in [-0.25, -0.2) is 0 Å². The zero-order valence-corrected chi connectivity index (χ0v) is 12.2. The van der Waals surface area contributed by atoms with E-state index in [1.807, 2.05) is 18.2 Å². The second-order valence-corrected chi connectivity index (χ2v) is 5.57. The third-order valence-corrected chi connectivity index (χ3v) is 4.21. The number of benzene rings is 1. The molecule has 2 rings (SSSR count). The minimum absolute atomic E-state index is 0.306. The van der Waals surface area contributed by atoms with Crippen molar-refractivity contribution in [2.45, 2.75) is 44.9 Å². The average molecular weight is 263 g/mol. The van der Waals surface area contributed by atoms with Gasteiger partial charge in [0, 0.05) is 19.2 Å². The van der Waals surface area contributed by atoms with Gasteiger partial charge in [0.1, 0.15) is 0 Å². The number of hydrogen-bond donors (Lipinski definition) is 1. The summed E-state index contributed by atoms with van der Waals surface area (Å²) in [6, 6.07) is 8.55. The highest BCUT2D eigenvalue weighted by Gasteiger charge is 2.27. The topological polar surface area (TPSA) is 32.7 Å². The maximum Gasteiger partial charge on any atom is 0.0804 e. The molecule has 0 spiro atoms. The molecule has 0 bridgehead atoms. The molecule has 0 aliphatic carbocycles. The molecule has 1 aliphatic heterocycles. The molecule has 3 heteroatoms. The summed E-state index contributed by atoms with van der Waals surface area (Å²) in [5, 5.41) is 10.3. The third-order valence-electron chi connectivity index (χ3n) is 4.21. The number of hydrogen-bond acceptors (Lipinski definition) is 3. The number of aliphatic hydroxyl groups excluding tert-OH is 1. The van der Waals surface area contributed by atoms with Crippen molar-refractivity contribution in [3.63, 3.8) is 0 Å². The molecule has 19 heavy (non-hydrogen) atoms. The Morgan fingerprint density at radius 1 is 1.42 bits per heavy atom. The van der Waals surface area contributed by atoms with Crippen LogP contribution in [0.1, 0.15) is 37.0 Å².